The van der Waals surface area contributed by atoms with Crippen LogP contribution in [-0.4, -0.2) is 28.7 Å². The van der Waals surface area contributed by atoms with Crippen molar-refractivity contribution in [2.45, 2.75) is 43.9 Å². The van der Waals surface area contributed by atoms with E-state index in [1.165, 1.54) is 5.56 Å². The van der Waals surface area contributed by atoms with Gasteiger partial charge in [-0.05, 0) is 37.1 Å². The van der Waals surface area contributed by atoms with Gasteiger partial charge in [-0.25, -0.2) is 5.01 Å². The Morgan fingerprint density at radius 3 is 2.81 bits per heavy atom. The van der Waals surface area contributed by atoms with Crippen molar-refractivity contribution >= 4 is 5.71 Å². The lowest BCUT2D eigenvalue weighted by molar-refractivity contribution is -0.114. The monoisotopic (exact) mass is 350 g/mol. The minimum atomic E-state index is -0.352. The van der Waals surface area contributed by atoms with Crippen molar-refractivity contribution in [2.75, 3.05) is 7.11 Å². The molecule has 2 heterocycles. The zero-order valence-electron chi connectivity index (χ0n) is 14.8. The number of benzene rings is 2. The van der Waals surface area contributed by atoms with E-state index in [-0.39, 0.29) is 17.5 Å². The van der Waals surface area contributed by atoms with Crippen LogP contribution in [0.5, 0.6) is 17.2 Å². The number of ether oxygens (including phenoxy) is 2. The molecule has 5 rings (SSSR count). The van der Waals surface area contributed by atoms with E-state index in [1.54, 1.807) is 19.2 Å². The van der Waals surface area contributed by atoms with E-state index in [0.717, 1.165) is 54.9 Å². The number of fused-ring (bicyclic) bond motifs is 4. The molecule has 0 saturated heterocycles. The number of hydrogen-bond acceptors (Lipinski definition) is 5. The van der Waals surface area contributed by atoms with Gasteiger partial charge in [0.25, 0.3) is 0 Å². The quantitative estimate of drug-likeness (QED) is 0.881. The summed E-state index contributed by atoms with van der Waals surface area (Å²) in [5.74, 6) is 1.93. The number of methoxy groups -OCH3 is 1. The lowest BCUT2D eigenvalue weighted by atomic mass is 9.94. The highest BCUT2D eigenvalue weighted by Gasteiger charge is 2.51. The molecule has 5 heteroatoms. The summed E-state index contributed by atoms with van der Waals surface area (Å²) in [6.07, 6.45) is 5.03. The van der Waals surface area contributed by atoms with Crippen LogP contribution in [0.15, 0.2) is 47.6 Å². The van der Waals surface area contributed by atoms with E-state index in [0.29, 0.717) is 0 Å². The summed E-state index contributed by atoms with van der Waals surface area (Å²) in [6.45, 7) is 0. The standard InChI is InChI=1S/C21H22N2O3/c1-25-14-8-9-19(24)16(12-14)17-13-18-15-6-2-3-7-20(15)26-21(23(18)22-17)10-4-5-11-21/h2-3,6-9,12,18,24H,4-5,10-11,13H2,1H3/t18-/m0/s1. The van der Waals surface area contributed by atoms with E-state index >= 15 is 0 Å². The highest BCUT2D eigenvalue weighted by molar-refractivity contribution is 6.04. The summed E-state index contributed by atoms with van der Waals surface area (Å²) in [5.41, 5.74) is 2.45. The fourth-order valence-electron chi connectivity index (χ4n) is 4.52. The summed E-state index contributed by atoms with van der Waals surface area (Å²) in [4.78, 5) is 0. The Morgan fingerprint density at radius 2 is 2.00 bits per heavy atom. The Labute approximate surface area is 152 Å². The van der Waals surface area contributed by atoms with E-state index in [9.17, 15) is 5.11 Å². The number of nitrogens with zero attached hydrogens (tertiary/aromatic N) is 2. The third kappa shape index (κ3) is 2.19. The van der Waals surface area contributed by atoms with Crippen LogP contribution in [0, 0.1) is 0 Å². The number of phenolic OH excluding ortho intramolecular Hbond substituents is 1. The number of rotatable bonds is 2. The van der Waals surface area contributed by atoms with Crippen molar-refractivity contribution in [1.82, 2.24) is 5.01 Å². The van der Waals surface area contributed by atoms with Gasteiger partial charge in [0.15, 0.2) is 5.72 Å². The van der Waals surface area contributed by atoms with Crippen molar-refractivity contribution in [1.29, 1.82) is 0 Å². The fourth-order valence-corrected chi connectivity index (χ4v) is 4.52. The first-order valence-corrected chi connectivity index (χ1v) is 9.22. The average Bonchev–Trinajstić information content (AvgIpc) is 3.31. The summed E-state index contributed by atoms with van der Waals surface area (Å²) in [5, 5.41) is 17.5. The van der Waals surface area contributed by atoms with Crippen LogP contribution in [-0.2, 0) is 0 Å². The van der Waals surface area contributed by atoms with E-state index in [1.807, 2.05) is 18.2 Å². The minimum Gasteiger partial charge on any atom is -0.507 e. The molecule has 0 radical (unpaired) electrons. The van der Waals surface area contributed by atoms with Crippen LogP contribution in [0.2, 0.25) is 0 Å². The summed E-state index contributed by atoms with van der Waals surface area (Å²) >= 11 is 0. The molecule has 2 aliphatic heterocycles. The van der Waals surface area contributed by atoms with Gasteiger partial charge in [-0.3, -0.25) is 0 Å². The van der Waals surface area contributed by atoms with Gasteiger partial charge in [0.1, 0.15) is 17.2 Å². The van der Waals surface area contributed by atoms with Crippen molar-refractivity contribution in [3.63, 3.8) is 0 Å². The lowest BCUT2D eigenvalue weighted by Gasteiger charge is -2.45. The van der Waals surface area contributed by atoms with Gasteiger partial charge in [0.05, 0.1) is 18.9 Å². The van der Waals surface area contributed by atoms with Crippen LogP contribution in [0.3, 0.4) is 0 Å². The average molecular weight is 350 g/mol. The van der Waals surface area contributed by atoms with E-state index < -0.39 is 0 Å². The highest BCUT2D eigenvalue weighted by Crippen LogP contribution is 2.52. The SMILES string of the molecule is COc1ccc(O)c(C2=NN3[C@@H](C2)c2ccccc2OC32CCCC2)c1. The molecule has 3 aliphatic rings. The first kappa shape index (κ1) is 15.6. The second-order valence-electron chi connectivity index (χ2n) is 7.29. The van der Waals surface area contributed by atoms with Crippen LogP contribution in [0.4, 0.5) is 0 Å². The summed E-state index contributed by atoms with van der Waals surface area (Å²) in [6, 6.07) is 13.7. The molecule has 134 valence electrons. The fraction of sp³-hybridized carbons (Fsp3) is 0.381. The van der Waals surface area contributed by atoms with Gasteiger partial charge in [-0.2, -0.15) is 5.10 Å². The molecule has 2 aromatic rings. The van der Waals surface area contributed by atoms with Gasteiger partial charge in [0, 0.05) is 30.4 Å². The van der Waals surface area contributed by atoms with Crippen molar-refractivity contribution in [2.24, 2.45) is 5.10 Å². The predicted octanol–water partition coefficient (Wildman–Crippen LogP) is 4.21. The zero-order chi connectivity index (χ0) is 17.7. The van der Waals surface area contributed by atoms with Crippen molar-refractivity contribution in [3.05, 3.63) is 53.6 Å². The third-order valence-corrected chi connectivity index (χ3v) is 5.81. The van der Waals surface area contributed by atoms with Crippen LogP contribution < -0.4 is 9.47 Å². The van der Waals surface area contributed by atoms with Gasteiger partial charge in [-0.15, -0.1) is 0 Å². The van der Waals surface area contributed by atoms with Gasteiger partial charge in [0.2, 0.25) is 0 Å². The number of phenols is 1. The zero-order valence-corrected chi connectivity index (χ0v) is 14.8. The Balaban J connectivity index is 1.61. The van der Waals surface area contributed by atoms with E-state index in [2.05, 4.69) is 17.1 Å². The molecular formula is C21H22N2O3. The number of hydrazone groups is 1. The largest absolute Gasteiger partial charge is 0.507 e. The first-order chi connectivity index (χ1) is 12.7. The topological polar surface area (TPSA) is 54.3 Å². The molecule has 1 aliphatic carbocycles. The molecule has 1 fully saturated rings. The normalized spacial score (nSPS) is 22.6. The van der Waals surface area contributed by atoms with Crippen LogP contribution in [0.1, 0.15) is 49.3 Å². The highest BCUT2D eigenvalue weighted by atomic mass is 16.5. The van der Waals surface area contributed by atoms with Crippen molar-refractivity contribution < 1.29 is 14.6 Å². The van der Waals surface area contributed by atoms with Gasteiger partial charge >= 0.3 is 0 Å². The molecule has 2 aromatic carbocycles. The maximum Gasteiger partial charge on any atom is 0.198 e. The van der Waals surface area contributed by atoms with Crippen LogP contribution in [0.25, 0.3) is 0 Å². The number of aromatic hydroxyl groups is 1. The molecule has 5 nitrogen and oxygen atoms in total. The molecule has 1 saturated carbocycles. The molecular weight excluding hydrogens is 328 g/mol. The number of para-hydroxylation sites is 1. The Morgan fingerprint density at radius 1 is 1.19 bits per heavy atom. The molecule has 0 unspecified atom stereocenters. The molecule has 1 spiro atoms. The molecule has 0 aromatic heterocycles. The maximum absolute atomic E-state index is 10.4. The van der Waals surface area contributed by atoms with Gasteiger partial charge < -0.3 is 14.6 Å². The Hall–Kier alpha value is -2.69. The van der Waals surface area contributed by atoms with Crippen LogP contribution >= 0.6 is 0 Å². The Kier molecular flexibility index (Phi) is 3.39. The molecule has 1 atom stereocenters. The molecule has 0 bridgehead atoms. The molecule has 0 amide bonds. The van der Waals surface area contributed by atoms with Gasteiger partial charge in [-0.1, -0.05) is 18.2 Å². The first-order valence-electron chi connectivity index (χ1n) is 9.22. The molecule has 1 N–H and O–H groups in total. The third-order valence-electron chi connectivity index (χ3n) is 5.81. The maximum atomic E-state index is 10.4. The second-order valence-corrected chi connectivity index (χ2v) is 7.29. The van der Waals surface area contributed by atoms with Crippen molar-refractivity contribution in [3.8, 4) is 17.2 Å². The predicted molar refractivity (Wildman–Crippen MR) is 98.7 cm³/mol. The van der Waals surface area contributed by atoms with E-state index in [4.69, 9.17) is 14.6 Å². The summed E-state index contributed by atoms with van der Waals surface area (Å²) in [7, 11) is 1.63. The summed E-state index contributed by atoms with van der Waals surface area (Å²) < 4.78 is 11.8. The Bertz CT molecular complexity index is 887. The molecule has 26 heavy (non-hydrogen) atoms. The number of hydrogen-bond donors (Lipinski definition) is 1. The smallest absolute Gasteiger partial charge is 0.198 e. The minimum absolute atomic E-state index is 0.152. The lowest BCUT2D eigenvalue weighted by Crippen LogP contribution is -2.51. The second kappa shape index (κ2) is 5.66.